The smallest absolute Gasteiger partial charge is 0.251 e. The second-order valence-electron chi connectivity index (χ2n) is 5.78. The van der Waals surface area contributed by atoms with E-state index in [-0.39, 0.29) is 29.9 Å². The van der Waals surface area contributed by atoms with E-state index >= 15 is 0 Å². The first kappa shape index (κ1) is 24.0. The molecule has 0 saturated heterocycles. The predicted molar refractivity (Wildman–Crippen MR) is 121 cm³/mol. The van der Waals surface area contributed by atoms with E-state index in [4.69, 9.17) is 9.15 Å². The zero-order valence-electron chi connectivity index (χ0n) is 16.4. The van der Waals surface area contributed by atoms with Gasteiger partial charge in [-0.15, -0.1) is 24.0 Å². The fraction of sp³-hybridized carbons (Fsp3) is 0.400. The molecule has 0 unspecified atom stereocenters. The number of nitrogens with zero attached hydrogens (tertiary/aromatic N) is 1. The molecule has 0 aliphatic carbocycles. The maximum atomic E-state index is 12.3. The first-order chi connectivity index (χ1) is 13.2. The standard InChI is InChI=1S/C20H28N4O3.HI/c1-3-21-20(22-10-12-26-4-2)24-14-16-7-5-8-17(13-16)19(25)23-15-18-9-6-11-27-18;/h5-9,11,13H,3-4,10,12,14-15H2,1-2H3,(H,23,25)(H2,21,22,24);1H. The maximum absolute atomic E-state index is 12.3. The van der Waals surface area contributed by atoms with E-state index < -0.39 is 0 Å². The molecule has 0 bridgehead atoms. The van der Waals surface area contributed by atoms with Crippen LogP contribution in [-0.4, -0.2) is 38.2 Å². The molecule has 0 radical (unpaired) electrons. The van der Waals surface area contributed by atoms with Gasteiger partial charge in [-0.1, -0.05) is 12.1 Å². The van der Waals surface area contributed by atoms with Crippen LogP contribution in [0.25, 0.3) is 0 Å². The van der Waals surface area contributed by atoms with Crippen molar-refractivity contribution in [3.05, 3.63) is 59.5 Å². The molecule has 0 spiro atoms. The van der Waals surface area contributed by atoms with Gasteiger partial charge in [0.2, 0.25) is 0 Å². The van der Waals surface area contributed by atoms with E-state index in [1.807, 2.05) is 38.1 Å². The predicted octanol–water partition coefficient (Wildman–Crippen LogP) is 2.92. The molecular weight excluding hydrogens is 471 g/mol. The number of carbonyl (C=O) groups excluding carboxylic acids is 1. The van der Waals surface area contributed by atoms with E-state index in [1.165, 1.54) is 0 Å². The van der Waals surface area contributed by atoms with Crippen LogP contribution in [0.1, 0.15) is 35.5 Å². The number of furan rings is 1. The first-order valence-corrected chi connectivity index (χ1v) is 9.22. The molecule has 1 aromatic heterocycles. The average molecular weight is 500 g/mol. The van der Waals surface area contributed by atoms with E-state index in [0.29, 0.717) is 38.4 Å². The van der Waals surface area contributed by atoms with E-state index in [9.17, 15) is 4.79 Å². The van der Waals surface area contributed by atoms with Crippen LogP contribution in [0, 0.1) is 0 Å². The van der Waals surface area contributed by atoms with Gasteiger partial charge in [0, 0.05) is 25.3 Å². The molecule has 0 aliphatic rings. The Hall–Kier alpha value is -2.07. The molecule has 1 aromatic carbocycles. The number of aliphatic imine (C=N–C) groups is 1. The lowest BCUT2D eigenvalue weighted by Crippen LogP contribution is -2.39. The molecule has 8 heteroatoms. The number of halogens is 1. The SMILES string of the molecule is CCNC(=NCc1cccc(C(=O)NCc2ccco2)c1)NCCOCC.I. The molecule has 0 aliphatic heterocycles. The van der Waals surface area contributed by atoms with Gasteiger partial charge in [0.1, 0.15) is 5.76 Å². The maximum Gasteiger partial charge on any atom is 0.251 e. The summed E-state index contributed by atoms with van der Waals surface area (Å²) in [5, 5.41) is 9.27. The zero-order chi connectivity index (χ0) is 19.3. The van der Waals surface area contributed by atoms with Gasteiger partial charge in [-0.2, -0.15) is 0 Å². The average Bonchev–Trinajstić information content (AvgIpc) is 3.21. The van der Waals surface area contributed by atoms with Crippen molar-refractivity contribution >= 4 is 35.8 Å². The third-order valence-corrected chi connectivity index (χ3v) is 3.70. The largest absolute Gasteiger partial charge is 0.467 e. The lowest BCUT2D eigenvalue weighted by atomic mass is 10.1. The molecule has 2 rings (SSSR count). The Bertz CT molecular complexity index is 720. The second-order valence-corrected chi connectivity index (χ2v) is 5.78. The molecule has 2 aromatic rings. The van der Waals surface area contributed by atoms with Crippen molar-refractivity contribution in [2.45, 2.75) is 26.9 Å². The third kappa shape index (κ3) is 8.75. The summed E-state index contributed by atoms with van der Waals surface area (Å²) in [5.74, 6) is 1.31. The highest BCUT2D eigenvalue weighted by atomic mass is 127. The van der Waals surface area contributed by atoms with E-state index in [2.05, 4.69) is 20.9 Å². The topological polar surface area (TPSA) is 87.9 Å². The number of carbonyl (C=O) groups is 1. The minimum Gasteiger partial charge on any atom is -0.467 e. The molecule has 0 fully saturated rings. The fourth-order valence-corrected chi connectivity index (χ4v) is 2.39. The number of nitrogens with one attached hydrogen (secondary N) is 3. The van der Waals surface area contributed by atoms with Crippen molar-refractivity contribution in [1.82, 2.24) is 16.0 Å². The monoisotopic (exact) mass is 500 g/mol. The Labute approximate surface area is 183 Å². The normalized spacial score (nSPS) is 10.9. The van der Waals surface area contributed by atoms with Gasteiger partial charge in [-0.05, 0) is 43.7 Å². The van der Waals surface area contributed by atoms with Crippen LogP contribution < -0.4 is 16.0 Å². The molecule has 1 amide bonds. The van der Waals surface area contributed by atoms with Gasteiger partial charge in [0.05, 0.1) is 26.0 Å². The summed E-state index contributed by atoms with van der Waals surface area (Å²) in [6.45, 7) is 7.62. The molecule has 0 atom stereocenters. The Balaban J connectivity index is 0.00000392. The number of ether oxygens (including phenoxy) is 1. The summed E-state index contributed by atoms with van der Waals surface area (Å²) in [5.41, 5.74) is 1.56. The lowest BCUT2D eigenvalue weighted by molar-refractivity contribution is 0.0948. The van der Waals surface area contributed by atoms with Gasteiger partial charge < -0.3 is 25.1 Å². The molecular formula is C20H29IN4O3. The van der Waals surface area contributed by atoms with Crippen molar-refractivity contribution in [1.29, 1.82) is 0 Å². The summed E-state index contributed by atoms with van der Waals surface area (Å²) in [6, 6.07) is 11.1. The van der Waals surface area contributed by atoms with Gasteiger partial charge in [0.15, 0.2) is 5.96 Å². The summed E-state index contributed by atoms with van der Waals surface area (Å²) in [6.07, 6.45) is 1.59. The highest BCUT2D eigenvalue weighted by Gasteiger charge is 2.07. The Morgan fingerprint density at radius 3 is 2.71 bits per heavy atom. The number of benzene rings is 1. The van der Waals surface area contributed by atoms with Crippen molar-refractivity contribution in [3.8, 4) is 0 Å². The quantitative estimate of drug-likeness (QED) is 0.202. The molecule has 7 nitrogen and oxygen atoms in total. The second kappa shape index (κ2) is 14.0. The van der Waals surface area contributed by atoms with Crippen LogP contribution in [-0.2, 0) is 17.8 Å². The van der Waals surface area contributed by atoms with Gasteiger partial charge >= 0.3 is 0 Å². The highest BCUT2D eigenvalue weighted by Crippen LogP contribution is 2.08. The van der Waals surface area contributed by atoms with Crippen molar-refractivity contribution in [2.75, 3.05) is 26.3 Å². The van der Waals surface area contributed by atoms with Crippen molar-refractivity contribution in [3.63, 3.8) is 0 Å². The molecule has 0 saturated carbocycles. The number of rotatable bonds is 10. The molecule has 1 heterocycles. The third-order valence-electron chi connectivity index (χ3n) is 3.70. The molecule has 154 valence electrons. The Kier molecular flexibility index (Phi) is 12.0. The van der Waals surface area contributed by atoms with Crippen LogP contribution in [0.3, 0.4) is 0 Å². The molecule has 3 N–H and O–H groups in total. The summed E-state index contributed by atoms with van der Waals surface area (Å²) >= 11 is 0. The highest BCUT2D eigenvalue weighted by molar-refractivity contribution is 14.0. The number of hydrogen-bond donors (Lipinski definition) is 3. The number of hydrogen-bond acceptors (Lipinski definition) is 4. The van der Waals surface area contributed by atoms with E-state index in [1.54, 1.807) is 18.4 Å². The van der Waals surface area contributed by atoms with Crippen molar-refractivity contribution in [2.24, 2.45) is 4.99 Å². The number of guanidine groups is 1. The lowest BCUT2D eigenvalue weighted by Gasteiger charge is -2.11. The minimum absolute atomic E-state index is 0. The zero-order valence-corrected chi connectivity index (χ0v) is 18.7. The van der Waals surface area contributed by atoms with Gasteiger partial charge in [0.25, 0.3) is 5.91 Å². The van der Waals surface area contributed by atoms with Crippen molar-refractivity contribution < 1.29 is 13.9 Å². The van der Waals surface area contributed by atoms with Crippen LogP contribution in [0.5, 0.6) is 0 Å². The summed E-state index contributed by atoms with van der Waals surface area (Å²) in [4.78, 5) is 16.9. The minimum atomic E-state index is -0.140. The van der Waals surface area contributed by atoms with Crippen LogP contribution >= 0.6 is 24.0 Å². The van der Waals surface area contributed by atoms with Crippen LogP contribution in [0.2, 0.25) is 0 Å². The first-order valence-electron chi connectivity index (χ1n) is 9.22. The van der Waals surface area contributed by atoms with Crippen LogP contribution in [0.15, 0.2) is 52.1 Å². The Morgan fingerprint density at radius 2 is 2.00 bits per heavy atom. The van der Waals surface area contributed by atoms with Gasteiger partial charge in [-0.3, -0.25) is 4.79 Å². The summed E-state index contributed by atoms with van der Waals surface area (Å²) < 4.78 is 10.5. The van der Waals surface area contributed by atoms with Crippen LogP contribution in [0.4, 0.5) is 0 Å². The summed E-state index contributed by atoms with van der Waals surface area (Å²) in [7, 11) is 0. The number of amides is 1. The van der Waals surface area contributed by atoms with Gasteiger partial charge in [-0.25, -0.2) is 4.99 Å². The fourth-order valence-electron chi connectivity index (χ4n) is 2.39. The molecule has 28 heavy (non-hydrogen) atoms. The Morgan fingerprint density at radius 1 is 1.14 bits per heavy atom. The van der Waals surface area contributed by atoms with E-state index in [0.717, 1.165) is 23.8 Å².